The lowest BCUT2D eigenvalue weighted by Gasteiger charge is -2.38. The lowest BCUT2D eigenvalue weighted by molar-refractivity contribution is -0.126. The van der Waals surface area contributed by atoms with Crippen molar-refractivity contribution in [3.63, 3.8) is 0 Å². The third-order valence-electron chi connectivity index (χ3n) is 13.8. The zero-order valence-corrected chi connectivity index (χ0v) is 40.0. The van der Waals surface area contributed by atoms with Crippen LogP contribution < -0.4 is 40.2 Å². The standard InChI is InChI=1S/2C26H30FN5O3/c2*1-16-4-3-5-20(25(16)27)31-26-19-12-23(22(34-2)13-21(19)29-15-30-26)35-18-8-6-17(7-9-18)32-11-10-28-24(33)14-32/h2*3-5,12-13,15,17-18H,6-11,14H2,1-2H3,(H,28,33)(H,29,30,31). The van der Waals surface area contributed by atoms with Crippen molar-refractivity contribution in [1.29, 1.82) is 0 Å². The number of hydrogen-bond acceptors (Lipinski definition) is 14. The molecule has 16 nitrogen and oxygen atoms in total. The summed E-state index contributed by atoms with van der Waals surface area (Å²) in [5.74, 6) is 3.00. The van der Waals surface area contributed by atoms with Gasteiger partial charge in [0.1, 0.15) is 35.9 Å². The van der Waals surface area contributed by atoms with Gasteiger partial charge in [0.15, 0.2) is 23.0 Å². The highest BCUT2D eigenvalue weighted by molar-refractivity contribution is 5.94. The molecule has 2 aliphatic carbocycles. The lowest BCUT2D eigenvalue weighted by atomic mass is 9.91. The molecule has 10 rings (SSSR count). The zero-order valence-electron chi connectivity index (χ0n) is 40.0. The number of amides is 2. The minimum absolute atomic E-state index is 0.0477. The third-order valence-corrected chi connectivity index (χ3v) is 13.8. The molecule has 4 fully saturated rings. The second kappa shape index (κ2) is 21.8. The second-order valence-corrected chi connectivity index (χ2v) is 18.3. The summed E-state index contributed by atoms with van der Waals surface area (Å²) in [5, 5.41) is 13.4. The van der Waals surface area contributed by atoms with E-state index in [0.717, 1.165) is 75.2 Å². The number of carbonyl (C=O) groups is 2. The molecular weight excluding hydrogens is 899 g/mol. The molecule has 18 heteroatoms. The van der Waals surface area contributed by atoms with E-state index in [1.54, 1.807) is 64.5 Å². The summed E-state index contributed by atoms with van der Waals surface area (Å²) in [6.45, 7) is 7.64. The monoisotopic (exact) mass is 958 g/mol. The van der Waals surface area contributed by atoms with E-state index in [2.05, 4.69) is 51.0 Å². The van der Waals surface area contributed by atoms with Crippen LogP contribution in [0.3, 0.4) is 0 Å². The maximum absolute atomic E-state index is 14.6. The molecule has 2 aliphatic heterocycles. The largest absolute Gasteiger partial charge is 0.493 e. The van der Waals surface area contributed by atoms with E-state index >= 15 is 0 Å². The number of methoxy groups -OCH3 is 2. The van der Waals surface area contributed by atoms with E-state index in [1.165, 1.54) is 12.7 Å². The number of hydrogen-bond donors (Lipinski definition) is 4. The van der Waals surface area contributed by atoms with Gasteiger partial charge in [0.25, 0.3) is 0 Å². The van der Waals surface area contributed by atoms with Crippen LogP contribution in [-0.4, -0.2) is 119 Å². The normalized spacial score (nSPS) is 20.9. The molecule has 0 radical (unpaired) electrons. The topological polar surface area (TPSA) is 177 Å². The van der Waals surface area contributed by atoms with E-state index in [0.29, 0.717) is 106 Å². The number of carbonyl (C=O) groups excluding carboxylic acids is 2. The molecule has 4 heterocycles. The molecular formula is C52H60F2N10O6. The summed E-state index contributed by atoms with van der Waals surface area (Å²) in [6, 6.07) is 18.6. The number of benzene rings is 4. The van der Waals surface area contributed by atoms with Crippen molar-refractivity contribution in [1.82, 2.24) is 40.4 Å². The van der Waals surface area contributed by atoms with Crippen molar-refractivity contribution < 1.29 is 37.3 Å². The highest BCUT2D eigenvalue weighted by atomic mass is 19.1. The fourth-order valence-electron chi connectivity index (χ4n) is 9.93. The number of halogens is 2. The lowest BCUT2D eigenvalue weighted by Crippen LogP contribution is -2.52. The van der Waals surface area contributed by atoms with Gasteiger partial charge in [-0.05, 0) is 101 Å². The van der Waals surface area contributed by atoms with Gasteiger partial charge in [0.2, 0.25) is 11.8 Å². The molecule has 4 aliphatic rings. The number of anilines is 4. The summed E-state index contributed by atoms with van der Waals surface area (Å²) >= 11 is 0. The Morgan fingerprint density at radius 2 is 0.986 bits per heavy atom. The average Bonchev–Trinajstić information content (AvgIpc) is 3.37. The van der Waals surface area contributed by atoms with Gasteiger partial charge in [-0.15, -0.1) is 0 Å². The highest BCUT2D eigenvalue weighted by Gasteiger charge is 2.32. The Bertz CT molecular complexity index is 2650. The van der Waals surface area contributed by atoms with E-state index < -0.39 is 0 Å². The Morgan fingerprint density at radius 3 is 1.37 bits per heavy atom. The molecule has 2 saturated carbocycles. The van der Waals surface area contributed by atoms with Gasteiger partial charge in [-0.2, -0.15) is 0 Å². The van der Waals surface area contributed by atoms with Crippen LogP contribution in [0.2, 0.25) is 0 Å². The van der Waals surface area contributed by atoms with Crippen molar-refractivity contribution in [2.45, 2.75) is 89.5 Å². The predicted octanol–water partition coefficient (Wildman–Crippen LogP) is 7.90. The van der Waals surface area contributed by atoms with E-state index in [4.69, 9.17) is 18.9 Å². The molecule has 0 atom stereocenters. The van der Waals surface area contributed by atoms with Crippen molar-refractivity contribution in [3.8, 4) is 23.0 Å². The van der Waals surface area contributed by atoms with Crippen LogP contribution in [-0.2, 0) is 9.59 Å². The number of aryl methyl sites for hydroxylation is 2. The molecule has 70 heavy (non-hydrogen) atoms. The van der Waals surface area contributed by atoms with Crippen LogP contribution in [0.5, 0.6) is 23.0 Å². The Hall–Kier alpha value is -6.92. The van der Waals surface area contributed by atoms with Gasteiger partial charge < -0.3 is 40.2 Å². The number of nitrogens with zero attached hydrogens (tertiary/aromatic N) is 6. The Kier molecular flexibility index (Phi) is 15.0. The van der Waals surface area contributed by atoms with Gasteiger partial charge >= 0.3 is 0 Å². The van der Waals surface area contributed by atoms with Gasteiger partial charge in [-0.1, -0.05) is 24.3 Å². The number of rotatable bonds is 12. The number of aromatic nitrogens is 4. The molecule has 0 spiro atoms. The summed E-state index contributed by atoms with van der Waals surface area (Å²) in [7, 11) is 3.21. The quantitative estimate of drug-likeness (QED) is 0.0931. The Labute approximate surface area is 405 Å². The molecule has 0 unspecified atom stereocenters. The molecule has 6 aromatic rings. The molecule has 2 amide bonds. The number of ether oxygens (including phenoxy) is 4. The van der Waals surface area contributed by atoms with Crippen molar-refractivity contribution in [2.24, 2.45) is 0 Å². The fourth-order valence-corrected chi connectivity index (χ4v) is 9.93. The summed E-state index contributed by atoms with van der Waals surface area (Å²) < 4.78 is 53.2. The molecule has 368 valence electrons. The minimum atomic E-state index is -0.313. The van der Waals surface area contributed by atoms with Crippen molar-refractivity contribution >= 4 is 56.6 Å². The van der Waals surface area contributed by atoms with Crippen LogP contribution in [0.1, 0.15) is 62.5 Å². The maximum Gasteiger partial charge on any atom is 0.234 e. The van der Waals surface area contributed by atoms with Crippen LogP contribution in [0.15, 0.2) is 73.3 Å². The Morgan fingerprint density at radius 1 is 0.571 bits per heavy atom. The van der Waals surface area contributed by atoms with Gasteiger partial charge in [-0.25, -0.2) is 28.7 Å². The average molecular weight is 959 g/mol. The number of fused-ring (bicyclic) bond motifs is 2. The number of nitrogens with one attached hydrogen (secondary N) is 4. The predicted molar refractivity (Wildman–Crippen MR) is 264 cm³/mol. The van der Waals surface area contributed by atoms with Crippen molar-refractivity contribution in [3.05, 3.63) is 96.1 Å². The first-order chi connectivity index (χ1) is 34.0. The molecule has 0 bridgehead atoms. The van der Waals surface area contributed by atoms with Gasteiger partial charge in [0.05, 0.1) is 61.9 Å². The third kappa shape index (κ3) is 11.1. The summed E-state index contributed by atoms with van der Waals surface area (Å²) in [4.78, 5) is 45.5. The number of piperazine rings is 2. The first-order valence-corrected chi connectivity index (χ1v) is 24.1. The summed E-state index contributed by atoms with van der Waals surface area (Å²) in [6.07, 6.45) is 10.5. The second-order valence-electron chi connectivity index (χ2n) is 18.3. The molecule has 2 saturated heterocycles. The van der Waals surface area contributed by atoms with Crippen LogP contribution >= 0.6 is 0 Å². The van der Waals surface area contributed by atoms with Crippen LogP contribution in [0.25, 0.3) is 21.8 Å². The Balaban J connectivity index is 0.000000174. The highest BCUT2D eigenvalue weighted by Crippen LogP contribution is 2.40. The molecule has 2 aromatic heterocycles. The van der Waals surface area contributed by atoms with E-state index in [-0.39, 0.29) is 35.7 Å². The minimum Gasteiger partial charge on any atom is -0.493 e. The van der Waals surface area contributed by atoms with Gasteiger partial charge in [-0.3, -0.25) is 19.4 Å². The fraction of sp³-hybridized carbons (Fsp3) is 0.423. The summed E-state index contributed by atoms with van der Waals surface area (Å²) in [5.41, 5.74) is 3.17. The smallest absolute Gasteiger partial charge is 0.234 e. The maximum atomic E-state index is 14.6. The van der Waals surface area contributed by atoms with E-state index in [1.807, 2.05) is 24.3 Å². The van der Waals surface area contributed by atoms with Crippen LogP contribution in [0, 0.1) is 25.5 Å². The molecule has 4 N–H and O–H groups in total. The first kappa shape index (κ1) is 48.1. The van der Waals surface area contributed by atoms with E-state index in [9.17, 15) is 18.4 Å². The molecule has 4 aromatic carbocycles. The van der Waals surface area contributed by atoms with Crippen LogP contribution in [0.4, 0.5) is 31.8 Å². The SMILES string of the molecule is COc1cc2ncnc(Nc3cccc(C)c3F)c2cc1OC1CCC(N2CCNC(=O)C2)CC1.COc1cc2ncnc(Nc3cccc(C)c3F)c2cc1OC1CCC(N2CCNC(=O)C2)CC1. The zero-order chi connectivity index (χ0) is 48.7. The van der Waals surface area contributed by atoms with Crippen molar-refractivity contribution in [2.75, 3.05) is 64.1 Å². The first-order valence-electron chi connectivity index (χ1n) is 24.1. The van der Waals surface area contributed by atoms with Gasteiger partial charge in [0, 0.05) is 61.2 Å².